The van der Waals surface area contributed by atoms with Gasteiger partial charge in [0, 0.05) is 19.6 Å². The van der Waals surface area contributed by atoms with Gasteiger partial charge >= 0.3 is 0 Å². The summed E-state index contributed by atoms with van der Waals surface area (Å²) in [4.78, 5) is 1.67. The van der Waals surface area contributed by atoms with Crippen molar-refractivity contribution in [3.63, 3.8) is 0 Å². The molecule has 1 saturated heterocycles. The number of rotatable bonds is 2. The topological polar surface area (TPSA) is 56.5 Å². The summed E-state index contributed by atoms with van der Waals surface area (Å²) in [5.41, 5.74) is 0. The lowest BCUT2D eigenvalue weighted by molar-refractivity contribution is -0.0433. The normalized spacial score (nSPS) is 31.1. The molecule has 1 heterocycles. The van der Waals surface area contributed by atoms with Crippen molar-refractivity contribution in [2.24, 2.45) is 5.92 Å². The van der Waals surface area contributed by atoms with Gasteiger partial charge in [-0.15, -0.1) is 0 Å². The summed E-state index contributed by atoms with van der Waals surface area (Å²) in [5, 5.41) is 18.1. The number of methoxy groups -OCH3 is 1. The van der Waals surface area contributed by atoms with Crippen LogP contribution in [0, 0.1) is 17.4 Å². The van der Waals surface area contributed by atoms with Crippen molar-refractivity contribution in [1.29, 1.82) is 5.26 Å². The van der Waals surface area contributed by atoms with E-state index in [1.807, 2.05) is 0 Å². The van der Waals surface area contributed by atoms with Gasteiger partial charge in [0.25, 0.3) is 0 Å². The van der Waals surface area contributed by atoms with Gasteiger partial charge in [-0.05, 0) is 13.3 Å². The summed E-state index contributed by atoms with van der Waals surface area (Å²) >= 11 is 0. The van der Waals surface area contributed by atoms with E-state index in [1.54, 1.807) is 18.9 Å². The third kappa shape index (κ3) is 2.33. The van der Waals surface area contributed by atoms with Crippen molar-refractivity contribution in [1.82, 2.24) is 4.90 Å². The third-order valence-electron chi connectivity index (χ3n) is 2.67. The molecule has 1 fully saturated rings. The molecule has 0 aliphatic carbocycles. The molecule has 0 radical (unpaired) electrons. The molecule has 3 atom stereocenters. The van der Waals surface area contributed by atoms with E-state index < -0.39 is 0 Å². The highest BCUT2D eigenvalue weighted by molar-refractivity contribution is 4.88. The van der Waals surface area contributed by atoms with Gasteiger partial charge in [0.1, 0.15) is 0 Å². The number of hydrogen-bond donors (Lipinski definition) is 1. The molecule has 0 unspecified atom stereocenters. The Balaban J connectivity index is 2.56. The highest BCUT2D eigenvalue weighted by atomic mass is 16.5. The average Bonchev–Trinajstić information content (AvgIpc) is 2.16. The first-order valence-corrected chi connectivity index (χ1v) is 4.54. The number of aliphatic hydroxyl groups is 1. The van der Waals surface area contributed by atoms with E-state index in [1.165, 1.54) is 0 Å². The molecule has 0 bridgehead atoms. The second kappa shape index (κ2) is 4.45. The Morgan fingerprint density at radius 3 is 2.85 bits per heavy atom. The Kier molecular flexibility index (Phi) is 3.52. The second-order valence-corrected chi connectivity index (χ2v) is 3.51. The van der Waals surface area contributed by atoms with Crippen molar-refractivity contribution in [2.45, 2.75) is 25.6 Å². The minimum absolute atomic E-state index is 0.0200. The molecule has 1 aliphatic rings. The Morgan fingerprint density at radius 1 is 1.69 bits per heavy atom. The van der Waals surface area contributed by atoms with Crippen molar-refractivity contribution in [3.05, 3.63) is 0 Å². The molecular weight excluding hydrogens is 168 g/mol. The zero-order valence-corrected chi connectivity index (χ0v) is 8.10. The fourth-order valence-corrected chi connectivity index (χ4v) is 1.83. The van der Waals surface area contributed by atoms with Gasteiger partial charge < -0.3 is 14.7 Å². The predicted octanol–water partition coefficient (Wildman–Crippen LogP) is 0.185. The van der Waals surface area contributed by atoms with Crippen LogP contribution >= 0.6 is 0 Å². The van der Waals surface area contributed by atoms with E-state index in [-0.39, 0.29) is 18.1 Å². The first-order valence-electron chi connectivity index (χ1n) is 4.54. The van der Waals surface area contributed by atoms with Crippen LogP contribution in [0.15, 0.2) is 0 Å². The molecule has 0 aromatic rings. The van der Waals surface area contributed by atoms with E-state index in [0.717, 1.165) is 13.0 Å². The Bertz CT molecular complexity index is 200. The molecule has 13 heavy (non-hydrogen) atoms. The van der Waals surface area contributed by atoms with Crippen LogP contribution in [-0.2, 0) is 4.74 Å². The summed E-state index contributed by atoms with van der Waals surface area (Å²) < 4.78 is 5.24. The summed E-state index contributed by atoms with van der Waals surface area (Å²) in [6.07, 6.45) is 2.55. The maximum atomic E-state index is 9.46. The zero-order chi connectivity index (χ0) is 9.84. The van der Waals surface area contributed by atoms with Crippen molar-refractivity contribution >= 4 is 0 Å². The van der Waals surface area contributed by atoms with Crippen molar-refractivity contribution in [3.8, 4) is 6.19 Å². The number of nitriles is 1. The second-order valence-electron chi connectivity index (χ2n) is 3.51. The highest BCUT2D eigenvalue weighted by Crippen LogP contribution is 2.22. The van der Waals surface area contributed by atoms with Crippen LogP contribution < -0.4 is 0 Å². The maximum absolute atomic E-state index is 9.46. The monoisotopic (exact) mass is 184 g/mol. The zero-order valence-electron chi connectivity index (χ0n) is 8.10. The van der Waals surface area contributed by atoms with Crippen LogP contribution in [0.1, 0.15) is 13.3 Å². The number of piperidine rings is 1. The van der Waals surface area contributed by atoms with Gasteiger partial charge in [-0.25, -0.2) is 0 Å². The van der Waals surface area contributed by atoms with Crippen molar-refractivity contribution < 1.29 is 9.84 Å². The predicted molar refractivity (Wildman–Crippen MR) is 47.8 cm³/mol. The fourth-order valence-electron chi connectivity index (χ4n) is 1.83. The van der Waals surface area contributed by atoms with Crippen LogP contribution in [0.3, 0.4) is 0 Å². The Labute approximate surface area is 78.7 Å². The lowest BCUT2D eigenvalue weighted by Gasteiger charge is -2.36. The molecule has 4 heteroatoms. The van der Waals surface area contributed by atoms with Crippen LogP contribution in [-0.4, -0.2) is 42.4 Å². The van der Waals surface area contributed by atoms with E-state index in [9.17, 15) is 5.11 Å². The summed E-state index contributed by atoms with van der Waals surface area (Å²) in [7, 11) is 1.63. The lowest BCUT2D eigenvalue weighted by Crippen LogP contribution is -2.46. The number of ether oxygens (including phenoxy) is 1. The highest BCUT2D eigenvalue weighted by Gasteiger charge is 2.31. The largest absolute Gasteiger partial charge is 0.393 e. The third-order valence-corrected chi connectivity index (χ3v) is 2.67. The van der Waals surface area contributed by atoms with Gasteiger partial charge in [-0.2, -0.15) is 5.26 Å². The number of aliphatic hydroxyl groups excluding tert-OH is 1. The summed E-state index contributed by atoms with van der Waals surface area (Å²) in [6.45, 7) is 3.10. The van der Waals surface area contributed by atoms with E-state index in [0.29, 0.717) is 6.54 Å². The molecule has 0 saturated carbocycles. The van der Waals surface area contributed by atoms with Crippen LogP contribution in [0.2, 0.25) is 0 Å². The Morgan fingerprint density at radius 2 is 2.38 bits per heavy atom. The average molecular weight is 184 g/mol. The molecule has 4 nitrogen and oxygen atoms in total. The maximum Gasteiger partial charge on any atom is 0.179 e. The van der Waals surface area contributed by atoms with Gasteiger partial charge in [0.2, 0.25) is 0 Å². The SMILES string of the molecule is CO[C@@H]1CN(C#N)CC[C@@H]1[C@@H](C)O. The molecule has 0 aromatic carbocycles. The number of nitrogens with zero attached hydrogens (tertiary/aromatic N) is 2. The van der Waals surface area contributed by atoms with Crippen LogP contribution in [0.5, 0.6) is 0 Å². The van der Waals surface area contributed by atoms with Crippen LogP contribution in [0.4, 0.5) is 0 Å². The smallest absolute Gasteiger partial charge is 0.179 e. The van der Waals surface area contributed by atoms with Crippen molar-refractivity contribution in [2.75, 3.05) is 20.2 Å². The standard InChI is InChI=1S/C9H16N2O2/c1-7(12)8-3-4-11(6-10)5-9(8)13-2/h7-9,12H,3-5H2,1-2H3/t7-,8-,9-/m1/s1. The van der Waals surface area contributed by atoms with Gasteiger partial charge in [-0.1, -0.05) is 0 Å². The van der Waals surface area contributed by atoms with E-state index in [4.69, 9.17) is 10.00 Å². The first-order chi connectivity index (χ1) is 6.19. The van der Waals surface area contributed by atoms with E-state index in [2.05, 4.69) is 6.19 Å². The van der Waals surface area contributed by atoms with E-state index >= 15 is 0 Å². The fraction of sp³-hybridized carbons (Fsp3) is 0.889. The van der Waals surface area contributed by atoms with Gasteiger partial charge in [0.05, 0.1) is 18.8 Å². The molecule has 0 amide bonds. The Hall–Kier alpha value is -0.790. The minimum Gasteiger partial charge on any atom is -0.393 e. The number of likely N-dealkylation sites (tertiary alicyclic amines) is 1. The van der Waals surface area contributed by atoms with Gasteiger partial charge in [0.15, 0.2) is 6.19 Å². The molecule has 1 aliphatic heterocycles. The number of hydrogen-bond acceptors (Lipinski definition) is 4. The molecule has 0 aromatic heterocycles. The summed E-state index contributed by atoms with van der Waals surface area (Å²) in [5.74, 6) is 0.162. The molecule has 74 valence electrons. The minimum atomic E-state index is -0.356. The molecular formula is C9H16N2O2. The molecule has 1 N–H and O–H groups in total. The molecule has 1 rings (SSSR count). The molecule has 0 spiro atoms. The summed E-state index contributed by atoms with van der Waals surface area (Å²) in [6, 6.07) is 0. The van der Waals surface area contributed by atoms with Gasteiger partial charge in [-0.3, -0.25) is 0 Å². The van der Waals surface area contributed by atoms with Crippen LogP contribution in [0.25, 0.3) is 0 Å². The quantitative estimate of drug-likeness (QED) is 0.622. The first kappa shape index (κ1) is 10.3. The lowest BCUT2D eigenvalue weighted by atomic mass is 9.89.